The van der Waals surface area contributed by atoms with Gasteiger partial charge in [-0.2, -0.15) is 0 Å². The lowest BCUT2D eigenvalue weighted by Gasteiger charge is -2.32. The van der Waals surface area contributed by atoms with Crippen LogP contribution in [0, 0.1) is 5.82 Å². The van der Waals surface area contributed by atoms with Crippen LogP contribution < -0.4 is 4.74 Å². The lowest BCUT2D eigenvalue weighted by atomic mass is 10.1. The van der Waals surface area contributed by atoms with Crippen LogP contribution in [-0.2, 0) is 24.2 Å². The summed E-state index contributed by atoms with van der Waals surface area (Å²) in [6, 6.07) is 10.4. The second-order valence-electron chi connectivity index (χ2n) is 8.75. The van der Waals surface area contributed by atoms with Crippen LogP contribution in [0.25, 0.3) is 0 Å². The summed E-state index contributed by atoms with van der Waals surface area (Å²) < 4.78 is 28.1. The van der Waals surface area contributed by atoms with Gasteiger partial charge in [-0.15, -0.1) is 0 Å². The highest BCUT2D eigenvalue weighted by atomic mass is 35.5. The van der Waals surface area contributed by atoms with Crippen LogP contribution in [0.3, 0.4) is 0 Å². The maximum atomic E-state index is 14.1. The summed E-state index contributed by atoms with van der Waals surface area (Å²) in [4.78, 5) is 11.6. The number of halogens is 2. The minimum absolute atomic E-state index is 0.124. The quantitative estimate of drug-likeness (QED) is 0.485. The summed E-state index contributed by atoms with van der Waals surface area (Å²) in [6.07, 6.45) is 7.77. The number of likely N-dealkylation sites (tertiary alicyclic amines) is 1. The molecule has 0 saturated carbocycles. The summed E-state index contributed by atoms with van der Waals surface area (Å²) in [7, 11) is 0. The maximum absolute atomic E-state index is 14.1. The average molecular weight is 471 g/mol. The Labute approximate surface area is 198 Å². The molecule has 0 aliphatic carbocycles. The second-order valence-corrected chi connectivity index (χ2v) is 9.19. The summed E-state index contributed by atoms with van der Waals surface area (Å²) in [5, 5.41) is 0.393. The van der Waals surface area contributed by atoms with E-state index in [2.05, 4.69) is 19.4 Å². The molecule has 174 valence electrons. The van der Waals surface area contributed by atoms with E-state index in [-0.39, 0.29) is 11.9 Å². The molecule has 0 amide bonds. The zero-order chi connectivity index (χ0) is 22.6. The van der Waals surface area contributed by atoms with Gasteiger partial charge in [-0.25, -0.2) is 14.4 Å². The van der Waals surface area contributed by atoms with Gasteiger partial charge < -0.3 is 14.0 Å². The Balaban J connectivity index is 1.12. The van der Waals surface area contributed by atoms with Gasteiger partial charge in [0.25, 0.3) is 0 Å². The molecule has 4 heterocycles. The molecule has 6 nitrogen and oxygen atoms in total. The van der Waals surface area contributed by atoms with E-state index < -0.39 is 0 Å². The number of pyridine rings is 1. The molecule has 0 N–H and O–H groups in total. The zero-order valence-electron chi connectivity index (χ0n) is 18.5. The van der Waals surface area contributed by atoms with Crippen LogP contribution in [0.1, 0.15) is 36.3 Å². The number of aromatic nitrogens is 3. The number of rotatable bonds is 8. The molecule has 1 aromatic carbocycles. The van der Waals surface area contributed by atoms with Crippen LogP contribution in [0.2, 0.25) is 5.02 Å². The maximum Gasteiger partial charge on any atom is 0.213 e. The monoisotopic (exact) mass is 470 g/mol. The highest BCUT2D eigenvalue weighted by molar-refractivity contribution is 6.30. The summed E-state index contributed by atoms with van der Waals surface area (Å²) in [5.41, 5.74) is 1.34. The first-order chi connectivity index (χ1) is 16.1. The van der Waals surface area contributed by atoms with Crippen molar-refractivity contribution < 1.29 is 13.9 Å². The van der Waals surface area contributed by atoms with Crippen molar-refractivity contribution in [3.63, 3.8) is 0 Å². The second kappa shape index (κ2) is 10.2. The van der Waals surface area contributed by atoms with Gasteiger partial charge >= 0.3 is 0 Å². The first-order valence-corrected chi connectivity index (χ1v) is 11.9. The first-order valence-electron chi connectivity index (χ1n) is 11.5. The van der Waals surface area contributed by atoms with E-state index in [0.717, 1.165) is 63.6 Å². The molecule has 1 atom stereocenters. The zero-order valence-corrected chi connectivity index (χ0v) is 19.3. The Morgan fingerprint density at radius 3 is 2.76 bits per heavy atom. The number of hydrogen-bond acceptors (Lipinski definition) is 5. The lowest BCUT2D eigenvalue weighted by molar-refractivity contribution is -0.0598. The van der Waals surface area contributed by atoms with Crippen molar-refractivity contribution in [2.75, 3.05) is 19.7 Å². The summed E-state index contributed by atoms with van der Waals surface area (Å²) in [6.45, 7) is 4.50. The summed E-state index contributed by atoms with van der Waals surface area (Å²) >= 11 is 5.85. The van der Waals surface area contributed by atoms with E-state index >= 15 is 0 Å². The van der Waals surface area contributed by atoms with E-state index in [1.807, 2.05) is 30.6 Å². The molecule has 2 fully saturated rings. The minimum atomic E-state index is -0.316. The minimum Gasteiger partial charge on any atom is -0.474 e. The first kappa shape index (κ1) is 22.3. The van der Waals surface area contributed by atoms with E-state index in [0.29, 0.717) is 29.0 Å². The Morgan fingerprint density at radius 1 is 1.15 bits per heavy atom. The van der Waals surface area contributed by atoms with E-state index in [1.54, 1.807) is 12.1 Å². The van der Waals surface area contributed by atoms with Gasteiger partial charge in [-0.05, 0) is 43.0 Å². The SMILES string of the molecule is Fc1cc(Cl)ccc1Cc1cccc(OC2CCN(Cc3nccn3C[C@@H]3CCO3)CC2)n1. The van der Waals surface area contributed by atoms with Gasteiger partial charge in [0.2, 0.25) is 5.88 Å². The topological polar surface area (TPSA) is 52.4 Å². The molecule has 0 spiro atoms. The highest BCUT2D eigenvalue weighted by Gasteiger charge is 2.24. The van der Waals surface area contributed by atoms with Crippen molar-refractivity contribution in [2.24, 2.45) is 0 Å². The fraction of sp³-hybridized carbons (Fsp3) is 0.440. The summed E-state index contributed by atoms with van der Waals surface area (Å²) in [5.74, 6) is 1.37. The molecule has 33 heavy (non-hydrogen) atoms. The predicted octanol–water partition coefficient (Wildman–Crippen LogP) is 4.49. The third-order valence-electron chi connectivity index (χ3n) is 6.35. The fourth-order valence-electron chi connectivity index (χ4n) is 4.34. The molecule has 3 aromatic rings. The fourth-order valence-corrected chi connectivity index (χ4v) is 4.50. The van der Waals surface area contributed by atoms with E-state index in [1.165, 1.54) is 6.07 Å². The Morgan fingerprint density at radius 2 is 2.00 bits per heavy atom. The van der Waals surface area contributed by atoms with Crippen LogP contribution in [0.15, 0.2) is 48.8 Å². The normalized spacial score (nSPS) is 19.4. The average Bonchev–Trinajstić information content (AvgIpc) is 3.21. The number of nitrogens with zero attached hydrogens (tertiary/aromatic N) is 4. The van der Waals surface area contributed by atoms with Crippen LogP contribution >= 0.6 is 11.6 Å². The Hall–Kier alpha value is -2.48. The van der Waals surface area contributed by atoms with Crippen molar-refractivity contribution in [3.05, 3.63) is 76.7 Å². The highest BCUT2D eigenvalue weighted by Crippen LogP contribution is 2.22. The Kier molecular flexibility index (Phi) is 6.90. The van der Waals surface area contributed by atoms with Gasteiger partial charge in [-0.3, -0.25) is 4.90 Å². The van der Waals surface area contributed by atoms with E-state index in [4.69, 9.17) is 21.1 Å². The van der Waals surface area contributed by atoms with Gasteiger partial charge in [0, 0.05) is 55.3 Å². The van der Waals surface area contributed by atoms with Crippen LogP contribution in [0.4, 0.5) is 4.39 Å². The Bertz CT molecular complexity index is 1080. The molecule has 0 radical (unpaired) electrons. The third-order valence-corrected chi connectivity index (χ3v) is 6.59. The molecule has 2 aromatic heterocycles. The third kappa shape index (κ3) is 5.72. The number of imidazole rings is 1. The van der Waals surface area contributed by atoms with Gasteiger partial charge in [0.1, 0.15) is 17.7 Å². The smallest absolute Gasteiger partial charge is 0.213 e. The van der Waals surface area contributed by atoms with Crippen LogP contribution in [-0.4, -0.2) is 51.3 Å². The molecule has 5 rings (SSSR count). The predicted molar refractivity (Wildman–Crippen MR) is 124 cm³/mol. The van der Waals surface area contributed by atoms with E-state index in [9.17, 15) is 4.39 Å². The van der Waals surface area contributed by atoms with Crippen molar-refractivity contribution in [2.45, 2.75) is 51.0 Å². The molecule has 2 aliphatic rings. The molecule has 0 unspecified atom stereocenters. The number of benzene rings is 1. The number of ether oxygens (including phenoxy) is 2. The molecule has 2 aliphatic heterocycles. The van der Waals surface area contributed by atoms with Crippen LogP contribution in [0.5, 0.6) is 5.88 Å². The molecule has 2 saturated heterocycles. The van der Waals surface area contributed by atoms with Crippen molar-refractivity contribution in [3.8, 4) is 5.88 Å². The molecule has 0 bridgehead atoms. The van der Waals surface area contributed by atoms with Crippen molar-refractivity contribution in [1.82, 2.24) is 19.4 Å². The molecular formula is C25H28ClFN4O2. The molecular weight excluding hydrogens is 443 g/mol. The van der Waals surface area contributed by atoms with Crippen molar-refractivity contribution >= 4 is 11.6 Å². The standard InChI is InChI=1S/C25H28ClFN4O2/c26-19-5-4-18(23(27)15-19)14-20-2-1-3-25(29-20)33-21-6-10-30(11-7-21)17-24-28-9-12-31(24)16-22-8-13-32-22/h1-5,9,12,15,21-22H,6-8,10-11,13-14,16-17H2/t22-/m0/s1. The molecule has 8 heteroatoms. The number of piperidine rings is 1. The number of hydrogen-bond donors (Lipinski definition) is 0. The van der Waals surface area contributed by atoms with Crippen molar-refractivity contribution in [1.29, 1.82) is 0 Å². The van der Waals surface area contributed by atoms with Gasteiger partial charge in [0.15, 0.2) is 0 Å². The van der Waals surface area contributed by atoms with Gasteiger partial charge in [-0.1, -0.05) is 23.7 Å². The largest absolute Gasteiger partial charge is 0.474 e. The lowest BCUT2D eigenvalue weighted by Crippen LogP contribution is -2.39. The van der Waals surface area contributed by atoms with Gasteiger partial charge in [0.05, 0.1) is 19.2 Å².